The molecular formula is C30H51N5O2. The zero-order chi connectivity index (χ0) is 27.0. The van der Waals surface area contributed by atoms with Gasteiger partial charge in [0.05, 0.1) is 18.8 Å². The lowest BCUT2D eigenvalue weighted by atomic mass is 9.41. The van der Waals surface area contributed by atoms with E-state index in [9.17, 15) is 4.79 Å². The molecule has 0 aromatic carbocycles. The van der Waals surface area contributed by atoms with E-state index in [1.165, 1.54) is 36.9 Å². The first kappa shape index (κ1) is 28.3. The van der Waals surface area contributed by atoms with Crippen molar-refractivity contribution in [3.05, 3.63) is 23.5 Å². The summed E-state index contributed by atoms with van der Waals surface area (Å²) in [5.41, 5.74) is 14.9. The Hall–Kier alpha value is -1.70. The number of ether oxygens (including phenoxy) is 1. The van der Waals surface area contributed by atoms with Gasteiger partial charge in [0.25, 0.3) is 0 Å². The summed E-state index contributed by atoms with van der Waals surface area (Å²) in [5, 5.41) is 1.48. The maximum Gasteiger partial charge on any atom is 0.157 e. The second-order valence-electron chi connectivity index (χ2n) is 13.1. The molecule has 0 heterocycles. The number of hydrazine groups is 1. The van der Waals surface area contributed by atoms with E-state index in [-0.39, 0.29) is 34.6 Å². The van der Waals surface area contributed by atoms with Gasteiger partial charge in [-0.3, -0.25) is 9.79 Å². The maximum atomic E-state index is 13.7. The predicted octanol–water partition coefficient (Wildman–Crippen LogP) is 4.18. The summed E-state index contributed by atoms with van der Waals surface area (Å²) in [4.78, 5) is 17.8. The van der Waals surface area contributed by atoms with Crippen LogP contribution in [0.15, 0.2) is 28.5 Å². The Kier molecular flexibility index (Phi) is 8.28. The summed E-state index contributed by atoms with van der Waals surface area (Å²) in [5.74, 6) is 8.88. The molecule has 0 spiro atoms. The molecule has 0 saturated heterocycles. The van der Waals surface area contributed by atoms with E-state index in [2.05, 4.69) is 18.8 Å². The first-order valence-corrected chi connectivity index (χ1v) is 14.4. The predicted molar refractivity (Wildman–Crippen MR) is 150 cm³/mol. The summed E-state index contributed by atoms with van der Waals surface area (Å²) in [6.07, 6.45) is 15.2. The largest absolute Gasteiger partial charge is 0.403 e. The lowest BCUT2D eigenvalue weighted by Gasteiger charge is -2.66. The van der Waals surface area contributed by atoms with Gasteiger partial charge < -0.3 is 21.2 Å². The lowest BCUT2D eigenvalue weighted by molar-refractivity contribution is -0.164. The highest BCUT2D eigenvalue weighted by Gasteiger charge is 2.67. The van der Waals surface area contributed by atoms with Gasteiger partial charge in [-0.25, -0.2) is 5.84 Å². The molecule has 6 N–H and O–H groups in total. The fourth-order valence-electron chi connectivity index (χ4n) is 9.61. The molecule has 37 heavy (non-hydrogen) atoms. The van der Waals surface area contributed by atoms with E-state index in [1.54, 1.807) is 13.3 Å². The number of fused-ring (bicyclic) bond motifs is 5. The van der Waals surface area contributed by atoms with Gasteiger partial charge in [-0.15, -0.1) is 0 Å². The van der Waals surface area contributed by atoms with E-state index in [1.807, 2.05) is 20.1 Å². The van der Waals surface area contributed by atoms with Crippen LogP contribution < -0.4 is 17.3 Å². The number of rotatable bonds is 8. The number of allylic oxidation sites excluding steroid dienone is 2. The van der Waals surface area contributed by atoms with Crippen LogP contribution in [0.1, 0.15) is 78.6 Å². The van der Waals surface area contributed by atoms with Crippen LogP contribution in [-0.4, -0.2) is 49.9 Å². The Morgan fingerprint density at radius 3 is 2.57 bits per heavy atom. The number of carbonyl (C=O) groups is 1. The lowest BCUT2D eigenvalue weighted by Crippen LogP contribution is -2.69. The average molecular weight is 514 g/mol. The van der Waals surface area contributed by atoms with Crippen molar-refractivity contribution in [2.45, 2.75) is 84.1 Å². The van der Waals surface area contributed by atoms with Crippen molar-refractivity contribution in [1.29, 1.82) is 0 Å². The molecule has 4 fully saturated rings. The fraction of sp³-hybridized carbons (Fsp3) is 0.800. The first-order chi connectivity index (χ1) is 17.6. The third kappa shape index (κ3) is 4.80. The molecule has 4 aliphatic rings. The number of hydrogen-bond acceptors (Lipinski definition) is 7. The molecule has 0 aromatic heterocycles. The fourth-order valence-corrected chi connectivity index (χ4v) is 9.61. The van der Waals surface area contributed by atoms with Crippen LogP contribution in [0, 0.1) is 40.4 Å². The van der Waals surface area contributed by atoms with Gasteiger partial charge in [-0.1, -0.05) is 20.3 Å². The van der Waals surface area contributed by atoms with Crippen LogP contribution in [-0.2, 0) is 9.53 Å². The molecule has 3 unspecified atom stereocenters. The Morgan fingerprint density at radius 1 is 1.14 bits per heavy atom. The third-order valence-corrected chi connectivity index (χ3v) is 11.2. The number of nitrogens with two attached hydrogens (primary N) is 3. The van der Waals surface area contributed by atoms with Crippen molar-refractivity contribution >= 4 is 12.0 Å². The molecule has 7 nitrogen and oxygen atoms in total. The smallest absolute Gasteiger partial charge is 0.157 e. The summed E-state index contributed by atoms with van der Waals surface area (Å²) < 4.78 is 5.93. The highest BCUT2D eigenvalue weighted by atomic mass is 16.5. The van der Waals surface area contributed by atoms with Gasteiger partial charge in [0.2, 0.25) is 0 Å². The molecular weight excluding hydrogens is 462 g/mol. The molecule has 0 amide bonds. The van der Waals surface area contributed by atoms with Gasteiger partial charge in [-0.05, 0) is 99.0 Å². The number of ketones is 1. The molecule has 7 heteroatoms. The zero-order valence-corrected chi connectivity index (χ0v) is 23.8. The normalized spacial score (nSPS) is 42.3. The van der Waals surface area contributed by atoms with Crippen LogP contribution in [0.4, 0.5) is 0 Å². The van der Waals surface area contributed by atoms with Crippen LogP contribution in [0.2, 0.25) is 0 Å². The number of carbonyl (C=O) groups excluding carboxylic acids is 1. The first-order valence-electron chi connectivity index (χ1n) is 14.4. The molecule has 0 bridgehead atoms. The highest BCUT2D eigenvalue weighted by Crippen LogP contribution is 2.68. The second-order valence-corrected chi connectivity index (χ2v) is 13.1. The van der Waals surface area contributed by atoms with Crippen LogP contribution in [0.5, 0.6) is 0 Å². The van der Waals surface area contributed by atoms with Gasteiger partial charge in [-0.2, -0.15) is 0 Å². The molecule has 4 rings (SSSR count). The molecule has 208 valence electrons. The number of hydrogen-bond donors (Lipinski definition) is 3. The minimum atomic E-state index is -0.221. The van der Waals surface area contributed by atoms with E-state index < -0.39 is 0 Å². The van der Waals surface area contributed by atoms with Gasteiger partial charge >= 0.3 is 0 Å². The molecule has 0 aromatic rings. The Balaban J connectivity index is 1.54. The van der Waals surface area contributed by atoms with E-state index in [4.69, 9.17) is 22.0 Å². The SMILES string of the molecule is C\N=C/C(C)=C\C(=C\N)N(N)CC(=O)[C@H]1CCC2[C@]3(N)CCC4C[C@@H](C)CC[C@]4(COC)C3CC[C@@]21C. The summed E-state index contributed by atoms with van der Waals surface area (Å²) in [6, 6.07) is 0. The minimum Gasteiger partial charge on any atom is -0.403 e. The standard InChI is InChI=1S/C30H51N5O2/c1-20-8-12-29(19-37-5)22(14-20)9-13-30(32)26-7-6-24(28(26,3)11-10-27(29)30)25(36)18-35(33)23(16-31)15-21(2)17-34-4/h15-17,20,22,24,26-27H,6-14,18-19,31-33H2,1-5H3/b21-15-,23-16-,34-17-/t20-,22?,24+,26?,27?,28+,29+,30+/m0/s1. The number of Topliss-reactive ketones (excluding diaryl/α,β-unsaturated/α-hetero) is 1. The quantitative estimate of drug-likeness (QED) is 0.194. The maximum absolute atomic E-state index is 13.7. The summed E-state index contributed by atoms with van der Waals surface area (Å²) in [6.45, 7) is 7.67. The molecule has 0 aliphatic heterocycles. The third-order valence-electron chi connectivity index (χ3n) is 11.2. The molecule has 4 saturated carbocycles. The van der Waals surface area contributed by atoms with Crippen molar-refractivity contribution in [1.82, 2.24) is 5.01 Å². The average Bonchev–Trinajstić information content (AvgIpc) is 3.21. The van der Waals surface area contributed by atoms with Crippen molar-refractivity contribution < 1.29 is 9.53 Å². The van der Waals surface area contributed by atoms with Crippen LogP contribution >= 0.6 is 0 Å². The van der Waals surface area contributed by atoms with E-state index in [0.29, 0.717) is 23.5 Å². The molecule has 8 atom stereocenters. The summed E-state index contributed by atoms with van der Waals surface area (Å²) >= 11 is 0. The summed E-state index contributed by atoms with van der Waals surface area (Å²) in [7, 11) is 3.59. The van der Waals surface area contributed by atoms with Crippen molar-refractivity contribution in [3.8, 4) is 0 Å². The van der Waals surface area contributed by atoms with Crippen LogP contribution in [0.25, 0.3) is 0 Å². The highest BCUT2D eigenvalue weighted by molar-refractivity contribution is 5.84. The topological polar surface area (TPSA) is 120 Å². The van der Waals surface area contributed by atoms with Gasteiger partial charge in [0.1, 0.15) is 0 Å². The monoisotopic (exact) mass is 513 g/mol. The van der Waals surface area contributed by atoms with Crippen molar-refractivity contribution in [2.75, 3.05) is 27.3 Å². The Morgan fingerprint density at radius 2 is 1.89 bits per heavy atom. The van der Waals surface area contributed by atoms with Crippen molar-refractivity contribution in [3.63, 3.8) is 0 Å². The van der Waals surface area contributed by atoms with Crippen LogP contribution in [0.3, 0.4) is 0 Å². The Labute approximate surface area is 224 Å². The molecule has 0 radical (unpaired) electrons. The zero-order valence-electron chi connectivity index (χ0n) is 23.8. The number of methoxy groups -OCH3 is 1. The number of nitrogens with zero attached hydrogens (tertiary/aromatic N) is 2. The molecule has 4 aliphatic carbocycles. The Bertz CT molecular complexity index is 946. The minimum absolute atomic E-state index is 0.0197. The second kappa shape index (κ2) is 10.8. The van der Waals surface area contributed by atoms with E-state index >= 15 is 0 Å². The number of aliphatic imine (C=N–C) groups is 1. The van der Waals surface area contributed by atoms with Gasteiger partial charge in [0, 0.05) is 43.4 Å². The van der Waals surface area contributed by atoms with E-state index in [0.717, 1.165) is 50.2 Å². The van der Waals surface area contributed by atoms with Crippen molar-refractivity contribution in [2.24, 2.45) is 62.7 Å². The van der Waals surface area contributed by atoms with Gasteiger partial charge in [0.15, 0.2) is 5.78 Å².